The first-order valence-electron chi connectivity index (χ1n) is 10.2. The number of nitrogens with zero attached hydrogens (tertiary/aromatic N) is 1. The molecule has 2 N–H and O–H groups in total. The van der Waals surface area contributed by atoms with Gasteiger partial charge in [-0.15, -0.1) is 0 Å². The Labute approximate surface area is 200 Å². The predicted molar refractivity (Wildman–Crippen MR) is 130 cm³/mol. The summed E-state index contributed by atoms with van der Waals surface area (Å²) < 4.78 is 12.2. The van der Waals surface area contributed by atoms with Crippen LogP contribution >= 0.6 is 15.9 Å². The maximum Gasteiger partial charge on any atom is 0.329 e. The lowest BCUT2D eigenvalue weighted by atomic mass is 10.1. The van der Waals surface area contributed by atoms with Crippen molar-refractivity contribution in [2.75, 3.05) is 7.11 Å². The summed E-state index contributed by atoms with van der Waals surface area (Å²) >= 11 is 3.41. The number of carbonyl (C=O) groups is 2. The van der Waals surface area contributed by atoms with Crippen molar-refractivity contribution < 1.29 is 19.1 Å². The molecule has 0 bridgehead atoms. The molecule has 0 aliphatic carbocycles. The van der Waals surface area contributed by atoms with Gasteiger partial charge < -0.3 is 14.8 Å². The number of methoxy groups -OCH3 is 1. The molecule has 170 valence electrons. The fourth-order valence-corrected chi connectivity index (χ4v) is 3.07. The van der Waals surface area contributed by atoms with E-state index in [1.165, 1.54) is 6.21 Å². The number of aryl methyl sites for hydroxylation is 1. The largest absolute Gasteiger partial charge is 0.493 e. The maximum absolute atomic E-state index is 11.9. The lowest BCUT2D eigenvalue weighted by Crippen LogP contribution is -2.37. The molecule has 0 aliphatic heterocycles. The van der Waals surface area contributed by atoms with E-state index in [9.17, 15) is 9.59 Å². The summed E-state index contributed by atoms with van der Waals surface area (Å²) in [7, 11) is 1.54. The van der Waals surface area contributed by atoms with Gasteiger partial charge in [0.1, 0.15) is 6.61 Å². The van der Waals surface area contributed by atoms with Crippen LogP contribution in [0.1, 0.15) is 22.3 Å². The van der Waals surface area contributed by atoms with Crippen molar-refractivity contribution in [3.63, 3.8) is 0 Å². The minimum Gasteiger partial charge on any atom is -0.493 e. The Morgan fingerprint density at radius 1 is 0.939 bits per heavy atom. The van der Waals surface area contributed by atoms with E-state index in [1.807, 2.05) is 55.5 Å². The summed E-state index contributed by atoms with van der Waals surface area (Å²) in [4.78, 5) is 23.9. The Morgan fingerprint density at radius 3 is 2.33 bits per heavy atom. The molecule has 3 rings (SSSR count). The summed E-state index contributed by atoms with van der Waals surface area (Å²) in [6, 6.07) is 20.8. The van der Waals surface area contributed by atoms with Crippen molar-refractivity contribution in [2.45, 2.75) is 20.1 Å². The number of nitrogens with one attached hydrogen (secondary N) is 2. The highest BCUT2D eigenvalue weighted by molar-refractivity contribution is 9.10. The highest BCUT2D eigenvalue weighted by Gasteiger charge is 2.12. The van der Waals surface area contributed by atoms with E-state index < -0.39 is 11.8 Å². The van der Waals surface area contributed by atoms with Crippen LogP contribution in [0, 0.1) is 6.92 Å². The van der Waals surface area contributed by atoms with Gasteiger partial charge in [0, 0.05) is 11.0 Å². The standard InChI is InChI=1S/C25H24BrN3O4/c1-17-3-5-18(6-4-17)14-27-24(30)25(31)29-28-15-20-9-12-22(23(13-20)32-2)33-16-19-7-10-21(26)11-8-19/h3-13,15H,14,16H2,1-2H3,(H,27,30)(H,29,31)/b28-15-. The van der Waals surface area contributed by atoms with E-state index in [0.717, 1.165) is 21.2 Å². The van der Waals surface area contributed by atoms with Crippen molar-refractivity contribution >= 4 is 34.0 Å². The zero-order valence-corrected chi connectivity index (χ0v) is 19.9. The average Bonchev–Trinajstić information content (AvgIpc) is 2.83. The molecule has 3 aromatic rings. The number of rotatable bonds is 8. The van der Waals surface area contributed by atoms with Gasteiger partial charge in [0.25, 0.3) is 0 Å². The second-order valence-corrected chi connectivity index (χ2v) is 8.11. The van der Waals surface area contributed by atoms with E-state index in [2.05, 4.69) is 31.8 Å². The second-order valence-electron chi connectivity index (χ2n) is 7.19. The van der Waals surface area contributed by atoms with Gasteiger partial charge in [-0.25, -0.2) is 5.43 Å². The molecule has 8 heteroatoms. The first-order chi connectivity index (χ1) is 15.9. The molecule has 0 spiro atoms. The number of carbonyl (C=O) groups excluding carboxylic acids is 2. The Bertz CT molecular complexity index is 1130. The van der Waals surface area contributed by atoms with Gasteiger partial charge in [-0.3, -0.25) is 9.59 Å². The van der Waals surface area contributed by atoms with E-state index in [4.69, 9.17) is 9.47 Å². The molecule has 0 saturated heterocycles. The molecule has 0 saturated carbocycles. The third-order valence-corrected chi connectivity index (χ3v) is 5.18. The zero-order valence-electron chi connectivity index (χ0n) is 18.3. The van der Waals surface area contributed by atoms with Crippen molar-refractivity contribution in [1.82, 2.24) is 10.7 Å². The molecule has 3 aromatic carbocycles. The van der Waals surface area contributed by atoms with Crippen LogP contribution in [0.25, 0.3) is 0 Å². The summed E-state index contributed by atoms with van der Waals surface area (Å²) in [5, 5.41) is 6.41. The van der Waals surface area contributed by atoms with Crippen molar-refractivity contribution in [3.05, 3.63) is 93.5 Å². The number of ether oxygens (including phenoxy) is 2. The minimum atomic E-state index is -0.847. The summed E-state index contributed by atoms with van der Waals surface area (Å²) in [5.41, 5.74) is 5.94. The van der Waals surface area contributed by atoms with Crippen LogP contribution in [0.2, 0.25) is 0 Å². The second kappa shape index (κ2) is 11.8. The SMILES string of the molecule is COc1cc(/C=N\NC(=O)C(=O)NCc2ccc(C)cc2)ccc1OCc1ccc(Br)cc1. The molecule has 2 amide bonds. The van der Waals surface area contributed by atoms with E-state index in [1.54, 1.807) is 25.3 Å². The number of hydrazone groups is 1. The predicted octanol–water partition coefficient (Wildman–Crippen LogP) is 4.11. The quantitative estimate of drug-likeness (QED) is 0.271. The van der Waals surface area contributed by atoms with Crippen LogP contribution in [0.4, 0.5) is 0 Å². The van der Waals surface area contributed by atoms with Crippen molar-refractivity contribution in [1.29, 1.82) is 0 Å². The third kappa shape index (κ3) is 7.47. The fraction of sp³-hybridized carbons (Fsp3) is 0.160. The van der Waals surface area contributed by atoms with Crippen molar-refractivity contribution in [3.8, 4) is 11.5 Å². The lowest BCUT2D eigenvalue weighted by molar-refractivity contribution is -0.139. The molecular formula is C25H24BrN3O4. The van der Waals surface area contributed by atoms with Crippen LogP contribution in [0.5, 0.6) is 11.5 Å². The van der Waals surface area contributed by atoms with Gasteiger partial charge in [0.15, 0.2) is 11.5 Å². The van der Waals surface area contributed by atoms with Gasteiger partial charge in [-0.05, 0) is 53.9 Å². The lowest BCUT2D eigenvalue weighted by Gasteiger charge is -2.11. The number of hydrogen-bond donors (Lipinski definition) is 2. The summed E-state index contributed by atoms with van der Waals surface area (Å²) in [6.07, 6.45) is 1.42. The van der Waals surface area contributed by atoms with E-state index in [0.29, 0.717) is 23.7 Å². The molecular weight excluding hydrogens is 486 g/mol. The van der Waals surface area contributed by atoms with Gasteiger partial charge >= 0.3 is 11.8 Å². The Kier molecular flexibility index (Phi) is 8.60. The van der Waals surface area contributed by atoms with Gasteiger partial charge in [0.2, 0.25) is 0 Å². The normalized spacial score (nSPS) is 10.6. The van der Waals surface area contributed by atoms with Crippen LogP contribution in [-0.2, 0) is 22.7 Å². The molecule has 0 radical (unpaired) electrons. The number of hydrogen-bond acceptors (Lipinski definition) is 5. The van der Waals surface area contributed by atoms with Crippen LogP contribution in [-0.4, -0.2) is 25.1 Å². The van der Waals surface area contributed by atoms with Crippen molar-refractivity contribution in [2.24, 2.45) is 5.10 Å². The Hall–Kier alpha value is -3.65. The maximum atomic E-state index is 11.9. The average molecular weight is 510 g/mol. The van der Waals surface area contributed by atoms with E-state index in [-0.39, 0.29) is 6.54 Å². The van der Waals surface area contributed by atoms with E-state index >= 15 is 0 Å². The Balaban J connectivity index is 1.51. The number of halogens is 1. The molecule has 33 heavy (non-hydrogen) atoms. The Morgan fingerprint density at radius 2 is 1.64 bits per heavy atom. The molecule has 0 fully saturated rings. The topological polar surface area (TPSA) is 89.0 Å². The van der Waals surface area contributed by atoms with Gasteiger partial charge in [-0.1, -0.05) is 57.9 Å². The molecule has 0 aromatic heterocycles. The van der Waals surface area contributed by atoms with Gasteiger partial charge in [0.05, 0.1) is 13.3 Å². The smallest absolute Gasteiger partial charge is 0.329 e. The molecule has 7 nitrogen and oxygen atoms in total. The molecule has 0 aliphatic rings. The molecule has 0 atom stereocenters. The first-order valence-corrected chi connectivity index (χ1v) is 11.0. The fourth-order valence-electron chi connectivity index (χ4n) is 2.81. The monoisotopic (exact) mass is 509 g/mol. The van der Waals surface area contributed by atoms with Crippen LogP contribution in [0.15, 0.2) is 76.3 Å². The first kappa shape index (κ1) is 24.0. The third-order valence-electron chi connectivity index (χ3n) is 4.65. The molecule has 0 heterocycles. The number of amides is 2. The van der Waals surface area contributed by atoms with Crippen LogP contribution in [0.3, 0.4) is 0 Å². The minimum absolute atomic E-state index is 0.259. The number of benzene rings is 3. The van der Waals surface area contributed by atoms with Gasteiger partial charge in [-0.2, -0.15) is 5.10 Å². The molecule has 0 unspecified atom stereocenters. The summed E-state index contributed by atoms with van der Waals surface area (Å²) in [5.74, 6) is -0.503. The highest BCUT2D eigenvalue weighted by atomic mass is 79.9. The summed E-state index contributed by atoms with van der Waals surface area (Å²) in [6.45, 7) is 2.63. The zero-order chi connectivity index (χ0) is 23.6. The van der Waals surface area contributed by atoms with Crippen LogP contribution < -0.4 is 20.2 Å². The highest BCUT2D eigenvalue weighted by Crippen LogP contribution is 2.28.